The standard InChI is InChI=1S/C21H21N3O4S/c1-14-6-11-19(18-5-4-12-22-21(14)18)23-20(26)13-24(3)29(27,28)17-9-7-16(8-10-17)15(2)25/h4-12H,13H2,1-3H3,(H,23,26). The number of hydrogen-bond donors (Lipinski definition) is 1. The molecule has 0 radical (unpaired) electrons. The zero-order valence-electron chi connectivity index (χ0n) is 16.3. The van der Waals surface area contributed by atoms with Gasteiger partial charge in [-0.2, -0.15) is 4.31 Å². The summed E-state index contributed by atoms with van der Waals surface area (Å²) in [6, 6.07) is 12.9. The summed E-state index contributed by atoms with van der Waals surface area (Å²) < 4.78 is 26.4. The fourth-order valence-corrected chi connectivity index (χ4v) is 4.07. The minimum atomic E-state index is -3.87. The number of carbonyl (C=O) groups excluding carboxylic acids is 2. The first-order chi connectivity index (χ1) is 13.7. The Morgan fingerprint density at radius 2 is 1.76 bits per heavy atom. The Bertz CT molecular complexity index is 1190. The molecule has 1 heterocycles. The molecule has 0 aliphatic rings. The lowest BCUT2D eigenvalue weighted by Gasteiger charge is -2.17. The van der Waals surface area contributed by atoms with Crippen molar-refractivity contribution < 1.29 is 18.0 Å². The molecular weight excluding hydrogens is 390 g/mol. The molecule has 2 aromatic carbocycles. The molecule has 0 aliphatic carbocycles. The van der Waals surface area contributed by atoms with Crippen molar-refractivity contribution in [1.29, 1.82) is 0 Å². The first kappa shape index (κ1) is 20.6. The fourth-order valence-electron chi connectivity index (χ4n) is 2.94. The maximum Gasteiger partial charge on any atom is 0.243 e. The number of rotatable bonds is 6. The van der Waals surface area contributed by atoms with Crippen molar-refractivity contribution in [1.82, 2.24) is 9.29 Å². The second-order valence-electron chi connectivity index (χ2n) is 6.72. The van der Waals surface area contributed by atoms with Gasteiger partial charge in [-0.25, -0.2) is 8.42 Å². The van der Waals surface area contributed by atoms with Gasteiger partial charge in [0.1, 0.15) is 0 Å². The molecule has 7 nitrogen and oxygen atoms in total. The van der Waals surface area contributed by atoms with E-state index in [1.54, 1.807) is 18.3 Å². The number of nitrogens with one attached hydrogen (secondary N) is 1. The molecule has 29 heavy (non-hydrogen) atoms. The normalized spacial score (nSPS) is 11.6. The number of fused-ring (bicyclic) bond motifs is 1. The Balaban J connectivity index is 1.77. The van der Waals surface area contributed by atoms with Crippen molar-refractivity contribution >= 4 is 38.3 Å². The number of Topliss-reactive ketones (excluding diaryl/α,β-unsaturated/α-hetero) is 1. The second-order valence-corrected chi connectivity index (χ2v) is 8.76. The van der Waals surface area contributed by atoms with E-state index in [2.05, 4.69) is 10.3 Å². The van der Waals surface area contributed by atoms with Gasteiger partial charge in [0.15, 0.2) is 5.78 Å². The van der Waals surface area contributed by atoms with E-state index in [1.807, 2.05) is 19.1 Å². The number of sulfonamides is 1. The molecule has 0 fully saturated rings. The summed E-state index contributed by atoms with van der Waals surface area (Å²) in [4.78, 5) is 28.2. The van der Waals surface area contributed by atoms with Gasteiger partial charge in [-0.15, -0.1) is 0 Å². The van der Waals surface area contributed by atoms with E-state index in [4.69, 9.17) is 0 Å². The number of aryl methyl sites for hydroxylation is 1. The van der Waals surface area contributed by atoms with E-state index in [9.17, 15) is 18.0 Å². The van der Waals surface area contributed by atoms with Crippen LogP contribution in [0.2, 0.25) is 0 Å². The molecule has 1 N–H and O–H groups in total. The summed E-state index contributed by atoms with van der Waals surface area (Å²) in [5.74, 6) is -0.619. The first-order valence-corrected chi connectivity index (χ1v) is 10.4. The van der Waals surface area contributed by atoms with Crippen LogP contribution in [-0.2, 0) is 14.8 Å². The molecule has 8 heteroatoms. The van der Waals surface area contributed by atoms with Gasteiger partial charge in [0.25, 0.3) is 0 Å². The summed E-state index contributed by atoms with van der Waals surface area (Å²) in [5, 5.41) is 3.54. The predicted octanol–water partition coefficient (Wildman–Crippen LogP) is 3.01. The van der Waals surface area contributed by atoms with Crippen LogP contribution >= 0.6 is 0 Å². The molecule has 0 aliphatic heterocycles. The zero-order valence-corrected chi connectivity index (χ0v) is 17.2. The van der Waals surface area contributed by atoms with Crippen LogP contribution < -0.4 is 5.32 Å². The molecule has 0 saturated carbocycles. The fraction of sp³-hybridized carbons (Fsp3) is 0.190. The van der Waals surface area contributed by atoms with Crippen molar-refractivity contribution in [2.45, 2.75) is 18.7 Å². The molecule has 0 saturated heterocycles. The molecule has 1 amide bonds. The molecule has 3 aromatic rings. The highest BCUT2D eigenvalue weighted by atomic mass is 32.2. The summed E-state index contributed by atoms with van der Waals surface area (Å²) in [6.07, 6.45) is 1.68. The number of anilines is 1. The molecule has 0 spiro atoms. The van der Waals surface area contributed by atoms with Gasteiger partial charge in [0, 0.05) is 24.2 Å². The number of carbonyl (C=O) groups is 2. The van der Waals surface area contributed by atoms with Crippen LogP contribution in [0.3, 0.4) is 0 Å². The maximum absolute atomic E-state index is 12.7. The maximum atomic E-state index is 12.7. The lowest BCUT2D eigenvalue weighted by Crippen LogP contribution is -2.35. The predicted molar refractivity (Wildman–Crippen MR) is 111 cm³/mol. The minimum Gasteiger partial charge on any atom is -0.324 e. The highest BCUT2D eigenvalue weighted by molar-refractivity contribution is 7.89. The van der Waals surface area contributed by atoms with Crippen LogP contribution in [0.15, 0.2) is 59.6 Å². The lowest BCUT2D eigenvalue weighted by atomic mass is 10.1. The monoisotopic (exact) mass is 411 g/mol. The molecule has 150 valence electrons. The molecule has 1 aromatic heterocycles. The highest BCUT2D eigenvalue weighted by Crippen LogP contribution is 2.24. The smallest absolute Gasteiger partial charge is 0.243 e. The van der Waals surface area contributed by atoms with Crippen molar-refractivity contribution in [2.75, 3.05) is 18.9 Å². The van der Waals surface area contributed by atoms with E-state index in [-0.39, 0.29) is 17.2 Å². The van der Waals surface area contributed by atoms with Gasteiger partial charge in [-0.1, -0.05) is 18.2 Å². The van der Waals surface area contributed by atoms with Gasteiger partial charge in [-0.05, 0) is 49.7 Å². The van der Waals surface area contributed by atoms with E-state index in [1.165, 1.54) is 38.2 Å². The Labute approximate surface area is 169 Å². The highest BCUT2D eigenvalue weighted by Gasteiger charge is 2.23. The average molecular weight is 411 g/mol. The van der Waals surface area contributed by atoms with Gasteiger partial charge in [0.05, 0.1) is 22.6 Å². The van der Waals surface area contributed by atoms with E-state index < -0.39 is 15.9 Å². The molecule has 0 bridgehead atoms. The quantitative estimate of drug-likeness (QED) is 0.629. The third-order valence-corrected chi connectivity index (χ3v) is 6.40. The molecule has 0 atom stereocenters. The Kier molecular flexibility index (Phi) is 5.76. The van der Waals surface area contributed by atoms with Crippen molar-refractivity contribution in [2.24, 2.45) is 0 Å². The van der Waals surface area contributed by atoms with Crippen molar-refractivity contribution in [3.63, 3.8) is 0 Å². The van der Waals surface area contributed by atoms with Gasteiger partial charge in [-0.3, -0.25) is 14.6 Å². The van der Waals surface area contributed by atoms with Crippen LogP contribution in [0, 0.1) is 6.92 Å². The number of likely N-dealkylation sites (N-methyl/N-ethyl adjacent to an activating group) is 1. The number of nitrogens with zero attached hydrogens (tertiary/aromatic N) is 2. The van der Waals surface area contributed by atoms with Gasteiger partial charge < -0.3 is 5.32 Å². The Morgan fingerprint density at radius 3 is 2.41 bits per heavy atom. The third-order valence-electron chi connectivity index (χ3n) is 4.58. The number of amides is 1. The summed E-state index contributed by atoms with van der Waals surface area (Å²) in [5.41, 5.74) is 2.74. The number of pyridine rings is 1. The number of benzene rings is 2. The lowest BCUT2D eigenvalue weighted by molar-refractivity contribution is -0.116. The summed E-state index contributed by atoms with van der Waals surface area (Å²) >= 11 is 0. The van der Waals surface area contributed by atoms with E-state index in [0.29, 0.717) is 11.3 Å². The average Bonchev–Trinajstić information content (AvgIpc) is 2.70. The van der Waals surface area contributed by atoms with E-state index >= 15 is 0 Å². The molecular formula is C21H21N3O4S. The molecule has 3 rings (SSSR count). The van der Waals surface area contributed by atoms with Crippen LogP contribution in [0.4, 0.5) is 5.69 Å². The third kappa shape index (κ3) is 4.33. The SMILES string of the molecule is CC(=O)c1ccc(S(=O)(=O)N(C)CC(=O)Nc2ccc(C)c3ncccc23)cc1. The van der Waals surface area contributed by atoms with Gasteiger partial charge >= 0.3 is 0 Å². The van der Waals surface area contributed by atoms with Crippen molar-refractivity contribution in [3.05, 3.63) is 65.9 Å². The van der Waals surface area contributed by atoms with Crippen LogP contribution in [-0.4, -0.2) is 43.0 Å². The largest absolute Gasteiger partial charge is 0.324 e. The minimum absolute atomic E-state index is 0.0165. The van der Waals surface area contributed by atoms with Crippen LogP contribution in [0.5, 0.6) is 0 Å². The Morgan fingerprint density at radius 1 is 1.07 bits per heavy atom. The Hall–Kier alpha value is -3.10. The molecule has 0 unspecified atom stereocenters. The van der Waals surface area contributed by atoms with Gasteiger partial charge in [0.2, 0.25) is 15.9 Å². The summed E-state index contributed by atoms with van der Waals surface area (Å²) in [6.45, 7) is 2.98. The second kappa shape index (κ2) is 8.10. The van der Waals surface area contributed by atoms with E-state index in [0.717, 1.165) is 20.8 Å². The number of hydrogen-bond acceptors (Lipinski definition) is 5. The van der Waals surface area contributed by atoms with Crippen LogP contribution in [0.25, 0.3) is 10.9 Å². The van der Waals surface area contributed by atoms with Crippen molar-refractivity contribution in [3.8, 4) is 0 Å². The topological polar surface area (TPSA) is 96.4 Å². The number of aromatic nitrogens is 1. The zero-order chi connectivity index (χ0) is 21.2. The number of ketones is 1. The van der Waals surface area contributed by atoms with Crippen LogP contribution in [0.1, 0.15) is 22.8 Å². The first-order valence-electron chi connectivity index (χ1n) is 8.91. The summed E-state index contributed by atoms with van der Waals surface area (Å²) in [7, 11) is -2.53.